The van der Waals surface area contributed by atoms with Crippen molar-refractivity contribution >= 4 is 29.3 Å². The monoisotopic (exact) mass is 532 g/mol. The van der Waals surface area contributed by atoms with E-state index >= 15 is 0 Å². The molecule has 2 saturated heterocycles. The van der Waals surface area contributed by atoms with Crippen molar-refractivity contribution in [3.8, 4) is 12.1 Å². The van der Waals surface area contributed by atoms with E-state index in [4.69, 9.17) is 5.26 Å². The van der Waals surface area contributed by atoms with Crippen molar-refractivity contribution in [3.05, 3.63) is 29.8 Å². The average molecular weight is 533 g/mol. The highest BCUT2D eigenvalue weighted by Gasteiger charge is 2.41. The van der Waals surface area contributed by atoms with Gasteiger partial charge in [0.25, 0.3) is 5.92 Å². The Morgan fingerprint density at radius 3 is 2.73 bits per heavy atom. The summed E-state index contributed by atoms with van der Waals surface area (Å²) in [5.41, 5.74) is 2.07. The largest absolute Gasteiger partial charge is 0.385 e. The van der Waals surface area contributed by atoms with Gasteiger partial charge >= 0.3 is 0 Å². The number of nitrogens with zero attached hydrogens (tertiary/aromatic N) is 4. The molecule has 2 fully saturated rings. The van der Waals surface area contributed by atoms with Gasteiger partial charge in [0.2, 0.25) is 11.8 Å². The number of thioether (sulfide) groups is 1. The van der Waals surface area contributed by atoms with E-state index in [9.17, 15) is 23.6 Å². The molecule has 0 saturated carbocycles. The highest BCUT2D eigenvalue weighted by atomic mass is 32.2. The first-order valence-electron chi connectivity index (χ1n) is 12.7. The second kappa shape index (κ2) is 13.6. The first kappa shape index (κ1) is 28.7. The number of carbonyl (C=O) groups excluding carboxylic acids is 2. The van der Waals surface area contributed by atoms with Crippen LogP contribution >= 0.6 is 11.8 Å². The molecule has 2 N–H and O–H groups in total. The predicted molar refractivity (Wildman–Crippen MR) is 139 cm³/mol. The third kappa shape index (κ3) is 8.31. The maximum absolute atomic E-state index is 13.4. The molecule has 0 aromatic heterocycles. The highest BCUT2D eigenvalue weighted by molar-refractivity contribution is 8.01. The second-order valence-corrected chi connectivity index (χ2v) is 10.7. The summed E-state index contributed by atoms with van der Waals surface area (Å²) in [7, 11) is 0. The van der Waals surface area contributed by atoms with E-state index in [1.807, 2.05) is 37.3 Å². The normalized spacial score (nSPS) is 22.2. The van der Waals surface area contributed by atoms with Crippen LogP contribution in [-0.4, -0.2) is 77.4 Å². The Kier molecular flexibility index (Phi) is 10.5. The van der Waals surface area contributed by atoms with Gasteiger partial charge in [0.1, 0.15) is 12.5 Å². The van der Waals surface area contributed by atoms with Crippen molar-refractivity contribution in [2.75, 3.05) is 44.6 Å². The lowest BCUT2D eigenvalue weighted by atomic mass is 10.1. The van der Waals surface area contributed by atoms with Gasteiger partial charge in [-0.3, -0.25) is 9.59 Å². The smallest absolute Gasteiger partial charge is 0.250 e. The van der Waals surface area contributed by atoms with Gasteiger partial charge in [-0.15, -0.1) is 11.8 Å². The molecule has 2 aliphatic heterocycles. The summed E-state index contributed by atoms with van der Waals surface area (Å²) in [5, 5.41) is 23.3. The van der Waals surface area contributed by atoms with E-state index in [-0.39, 0.29) is 42.3 Å². The Bertz CT molecular complexity index is 1020. The molecule has 37 heavy (non-hydrogen) atoms. The molecular weight excluding hydrogens is 498 g/mol. The molecule has 0 radical (unpaired) electrons. The van der Waals surface area contributed by atoms with Crippen LogP contribution in [0.15, 0.2) is 24.3 Å². The minimum atomic E-state index is -2.53. The minimum absolute atomic E-state index is 0.00860. The van der Waals surface area contributed by atoms with Crippen LogP contribution in [0.25, 0.3) is 0 Å². The quantitative estimate of drug-likeness (QED) is 0.398. The third-order valence-corrected chi connectivity index (χ3v) is 8.31. The van der Waals surface area contributed by atoms with E-state index in [1.165, 1.54) is 11.8 Å². The standard InChI is InChI=1S/C26H34F2N6O2S/c1-2-34-23(17-20(18-30)24(35)32-12-10-29)37-22(25(34)36)6-11-31-21-5-3-4-19(16-21)7-13-33-14-8-26(27,28)9-15-33/h3-5,16,20,22-23,31H,2,6-9,11-15,17H2,1H3,(H,32,35). The summed E-state index contributed by atoms with van der Waals surface area (Å²) in [4.78, 5) is 28.9. The zero-order valence-electron chi connectivity index (χ0n) is 21.1. The summed E-state index contributed by atoms with van der Waals surface area (Å²) in [5.74, 6) is -3.93. The van der Waals surface area contributed by atoms with Gasteiger partial charge < -0.3 is 20.4 Å². The SMILES string of the molecule is CCN1C(=O)C(CCNc2cccc(CCN3CCC(F)(F)CC3)c2)SC1CC(C#N)C(=O)NCC#N. The fraction of sp³-hybridized carbons (Fsp3) is 0.615. The van der Waals surface area contributed by atoms with E-state index in [0.717, 1.165) is 24.2 Å². The summed E-state index contributed by atoms with van der Waals surface area (Å²) >= 11 is 1.48. The van der Waals surface area contributed by atoms with Crippen molar-refractivity contribution in [1.29, 1.82) is 10.5 Å². The Morgan fingerprint density at radius 2 is 2.05 bits per heavy atom. The Balaban J connectivity index is 1.47. The lowest BCUT2D eigenvalue weighted by molar-refractivity contribution is -0.131. The van der Waals surface area contributed by atoms with Gasteiger partial charge in [-0.25, -0.2) is 8.78 Å². The number of rotatable bonds is 12. The molecule has 11 heteroatoms. The van der Waals surface area contributed by atoms with E-state index in [2.05, 4.69) is 21.6 Å². The average Bonchev–Trinajstić information content (AvgIpc) is 3.19. The Morgan fingerprint density at radius 1 is 1.30 bits per heavy atom. The number of nitriles is 2. The van der Waals surface area contributed by atoms with Crippen molar-refractivity contribution in [1.82, 2.24) is 15.1 Å². The summed E-state index contributed by atoms with van der Waals surface area (Å²) in [6.45, 7) is 4.40. The number of hydrogen-bond donors (Lipinski definition) is 2. The van der Waals surface area contributed by atoms with Crippen molar-refractivity contribution in [3.63, 3.8) is 0 Å². The van der Waals surface area contributed by atoms with E-state index < -0.39 is 17.7 Å². The van der Waals surface area contributed by atoms with Gasteiger partial charge in [-0.2, -0.15) is 10.5 Å². The van der Waals surface area contributed by atoms with Crippen LogP contribution in [-0.2, 0) is 16.0 Å². The second-order valence-electron chi connectivity index (χ2n) is 9.36. The lowest BCUT2D eigenvalue weighted by Gasteiger charge is -2.31. The van der Waals surface area contributed by atoms with E-state index in [1.54, 1.807) is 4.90 Å². The molecule has 1 aromatic carbocycles. The van der Waals surface area contributed by atoms with Crippen LogP contribution < -0.4 is 10.6 Å². The molecule has 0 aliphatic carbocycles. The topological polar surface area (TPSA) is 112 Å². The molecule has 3 rings (SSSR count). The first-order chi connectivity index (χ1) is 17.8. The molecule has 1 aromatic rings. The number of piperidine rings is 1. The number of anilines is 1. The predicted octanol–water partition coefficient (Wildman–Crippen LogP) is 3.22. The molecule has 0 spiro atoms. The van der Waals surface area contributed by atoms with Crippen LogP contribution in [0, 0.1) is 28.6 Å². The van der Waals surface area contributed by atoms with Gasteiger partial charge in [0.15, 0.2) is 0 Å². The maximum atomic E-state index is 13.4. The van der Waals surface area contributed by atoms with Crippen molar-refractivity contribution in [2.24, 2.45) is 5.92 Å². The van der Waals surface area contributed by atoms with Crippen LogP contribution in [0.5, 0.6) is 0 Å². The number of amides is 2. The minimum Gasteiger partial charge on any atom is -0.385 e. The van der Waals surface area contributed by atoms with Crippen LogP contribution in [0.3, 0.4) is 0 Å². The molecule has 0 bridgehead atoms. The molecule has 8 nitrogen and oxygen atoms in total. The number of carbonyl (C=O) groups is 2. The van der Waals surface area contributed by atoms with Crippen LogP contribution in [0.4, 0.5) is 14.5 Å². The van der Waals surface area contributed by atoms with Gasteiger partial charge in [0, 0.05) is 57.7 Å². The fourth-order valence-corrected chi connectivity index (χ4v) is 6.22. The maximum Gasteiger partial charge on any atom is 0.250 e. The van der Waals surface area contributed by atoms with Gasteiger partial charge in [-0.1, -0.05) is 12.1 Å². The molecule has 2 aliphatic rings. The summed E-state index contributed by atoms with van der Waals surface area (Å²) in [6.07, 6.45) is 1.45. The number of benzene rings is 1. The molecule has 2 amide bonds. The number of alkyl halides is 2. The molecule has 3 unspecified atom stereocenters. The van der Waals surface area contributed by atoms with Gasteiger partial charge in [0.05, 0.1) is 22.8 Å². The van der Waals surface area contributed by atoms with Crippen LogP contribution in [0.2, 0.25) is 0 Å². The summed E-state index contributed by atoms with van der Waals surface area (Å²) in [6, 6.07) is 11.8. The zero-order valence-corrected chi connectivity index (χ0v) is 21.9. The third-order valence-electron chi connectivity index (χ3n) is 6.79. The van der Waals surface area contributed by atoms with Crippen molar-refractivity contribution < 1.29 is 18.4 Å². The summed E-state index contributed by atoms with van der Waals surface area (Å²) < 4.78 is 26.7. The Hall–Kier alpha value is -2.89. The molecule has 2 heterocycles. The number of halogens is 2. The molecular formula is C26H34F2N6O2S. The van der Waals surface area contributed by atoms with Gasteiger partial charge in [-0.05, 0) is 37.5 Å². The van der Waals surface area contributed by atoms with Crippen molar-refractivity contribution in [2.45, 2.75) is 55.6 Å². The van der Waals surface area contributed by atoms with Crippen LogP contribution in [0.1, 0.15) is 38.2 Å². The Labute approximate surface area is 221 Å². The zero-order chi connectivity index (χ0) is 26.8. The van der Waals surface area contributed by atoms with E-state index in [0.29, 0.717) is 32.6 Å². The fourth-order valence-electron chi connectivity index (χ4n) is 4.63. The molecule has 200 valence electrons. The number of hydrogen-bond acceptors (Lipinski definition) is 7. The molecule has 3 atom stereocenters. The highest BCUT2D eigenvalue weighted by Crippen LogP contribution is 2.37. The lowest BCUT2D eigenvalue weighted by Crippen LogP contribution is -2.40. The number of likely N-dealkylation sites (tertiary alicyclic amines) is 1. The first-order valence-corrected chi connectivity index (χ1v) is 13.6. The number of nitrogens with one attached hydrogen (secondary N) is 2.